The maximum atomic E-state index is 14.7. The molecule has 2 aliphatic rings. The van der Waals surface area contributed by atoms with Gasteiger partial charge in [0.15, 0.2) is 5.78 Å². The van der Waals surface area contributed by atoms with Gasteiger partial charge >= 0.3 is 0 Å². The van der Waals surface area contributed by atoms with E-state index in [1.165, 1.54) is 6.07 Å². The summed E-state index contributed by atoms with van der Waals surface area (Å²) >= 11 is 0. The summed E-state index contributed by atoms with van der Waals surface area (Å²) in [4.78, 5) is 13.4. The van der Waals surface area contributed by atoms with E-state index in [2.05, 4.69) is 22.8 Å². The van der Waals surface area contributed by atoms with Crippen molar-refractivity contribution in [2.24, 2.45) is 0 Å². The van der Waals surface area contributed by atoms with Crippen LogP contribution in [0, 0.1) is 5.82 Å². The highest BCUT2D eigenvalue weighted by atomic mass is 19.1. The van der Waals surface area contributed by atoms with Crippen molar-refractivity contribution in [3.05, 3.63) is 107 Å². The zero-order valence-electron chi connectivity index (χ0n) is 15.9. The predicted molar refractivity (Wildman–Crippen MR) is 113 cm³/mol. The van der Waals surface area contributed by atoms with Crippen LogP contribution in [0.5, 0.6) is 0 Å². The number of para-hydroxylation sites is 2. The first-order valence-electron chi connectivity index (χ1n) is 9.89. The number of fused-ring (bicyclic) bond motifs is 1. The Bertz CT molecular complexity index is 1110. The van der Waals surface area contributed by atoms with Gasteiger partial charge in [-0.15, -0.1) is 0 Å². The van der Waals surface area contributed by atoms with E-state index in [1.807, 2.05) is 48.5 Å². The van der Waals surface area contributed by atoms with Gasteiger partial charge in [-0.2, -0.15) is 0 Å². The average molecular weight is 384 g/mol. The number of benzene rings is 3. The van der Waals surface area contributed by atoms with Crippen molar-refractivity contribution >= 4 is 17.2 Å². The van der Waals surface area contributed by atoms with Crippen LogP contribution in [-0.2, 0) is 4.79 Å². The van der Waals surface area contributed by atoms with Gasteiger partial charge in [-0.3, -0.25) is 4.79 Å². The molecule has 144 valence electrons. The molecule has 0 aromatic heterocycles. The molecule has 0 unspecified atom stereocenters. The van der Waals surface area contributed by atoms with Gasteiger partial charge in [0.25, 0.3) is 0 Å². The molecule has 0 amide bonds. The summed E-state index contributed by atoms with van der Waals surface area (Å²) in [5.41, 5.74) is 4.92. The van der Waals surface area contributed by atoms with Gasteiger partial charge in [-0.05, 0) is 36.1 Å². The highest BCUT2D eigenvalue weighted by molar-refractivity contribution is 6.01. The molecule has 1 heterocycles. The number of nitrogens with one attached hydrogen (secondary N) is 2. The molecule has 0 saturated heterocycles. The highest BCUT2D eigenvalue weighted by Gasteiger charge is 2.36. The van der Waals surface area contributed by atoms with Gasteiger partial charge in [0.1, 0.15) is 5.82 Å². The molecule has 4 heteroatoms. The minimum absolute atomic E-state index is 0.0566. The molecule has 3 nitrogen and oxygen atoms in total. The molecule has 0 saturated carbocycles. The number of anilines is 2. The van der Waals surface area contributed by atoms with E-state index in [0.717, 1.165) is 22.6 Å². The minimum atomic E-state index is -0.522. The van der Waals surface area contributed by atoms with E-state index in [0.29, 0.717) is 24.0 Å². The second kappa shape index (κ2) is 7.21. The van der Waals surface area contributed by atoms with E-state index in [-0.39, 0.29) is 17.5 Å². The third-order valence-corrected chi connectivity index (χ3v) is 5.80. The fraction of sp³-hybridized carbons (Fsp3) is 0.160. The van der Waals surface area contributed by atoms with Crippen LogP contribution in [0.1, 0.15) is 35.9 Å². The Labute approximate surface area is 169 Å². The molecule has 3 aromatic rings. The van der Waals surface area contributed by atoms with Crippen molar-refractivity contribution in [2.75, 3.05) is 10.6 Å². The molecular formula is C25H21FN2O. The van der Waals surface area contributed by atoms with Crippen molar-refractivity contribution in [1.82, 2.24) is 0 Å². The van der Waals surface area contributed by atoms with Crippen molar-refractivity contribution in [2.45, 2.75) is 24.8 Å². The van der Waals surface area contributed by atoms with Crippen LogP contribution >= 0.6 is 0 Å². The van der Waals surface area contributed by atoms with Gasteiger partial charge in [-0.1, -0.05) is 60.7 Å². The van der Waals surface area contributed by atoms with E-state index in [4.69, 9.17) is 0 Å². The topological polar surface area (TPSA) is 41.1 Å². The molecule has 1 aliphatic heterocycles. The SMILES string of the molecule is O=C1C[C@H](c2ccccc2)CC2=C1[C@H](c1ccccc1F)Nc1ccccc1N2. The lowest BCUT2D eigenvalue weighted by molar-refractivity contribution is -0.116. The molecule has 0 spiro atoms. The number of halogens is 1. The van der Waals surface area contributed by atoms with Gasteiger partial charge in [0, 0.05) is 23.3 Å². The first kappa shape index (κ1) is 17.7. The van der Waals surface area contributed by atoms with Crippen molar-refractivity contribution in [3.8, 4) is 0 Å². The average Bonchev–Trinajstić information content (AvgIpc) is 2.91. The van der Waals surface area contributed by atoms with Crippen molar-refractivity contribution in [3.63, 3.8) is 0 Å². The van der Waals surface area contributed by atoms with Crippen LogP contribution in [-0.4, -0.2) is 5.78 Å². The lowest BCUT2D eigenvalue weighted by atomic mass is 9.78. The van der Waals surface area contributed by atoms with Crippen LogP contribution in [0.4, 0.5) is 15.8 Å². The summed E-state index contributed by atoms with van der Waals surface area (Å²) in [7, 11) is 0. The smallest absolute Gasteiger partial charge is 0.163 e. The fourth-order valence-electron chi connectivity index (χ4n) is 4.40. The van der Waals surface area contributed by atoms with Crippen molar-refractivity contribution in [1.29, 1.82) is 0 Å². The fourth-order valence-corrected chi connectivity index (χ4v) is 4.40. The number of hydrogen-bond donors (Lipinski definition) is 2. The van der Waals surface area contributed by atoms with Crippen LogP contribution < -0.4 is 10.6 Å². The van der Waals surface area contributed by atoms with Crippen molar-refractivity contribution < 1.29 is 9.18 Å². The standard InChI is InChI=1S/C25H21FN2O/c26-19-11-5-4-10-18(19)25-24-22(27-20-12-6-7-13-21(20)28-25)14-17(15-23(24)29)16-8-2-1-3-9-16/h1-13,17,25,27-28H,14-15H2/t17-,25+/m1/s1. The molecule has 3 aromatic carbocycles. The molecule has 2 atom stereocenters. The van der Waals surface area contributed by atoms with Crippen LogP contribution in [0.2, 0.25) is 0 Å². The summed E-state index contributed by atoms with van der Waals surface area (Å²) in [6.45, 7) is 0. The number of carbonyl (C=O) groups excluding carboxylic acids is 1. The van der Waals surface area contributed by atoms with E-state index in [1.54, 1.807) is 12.1 Å². The van der Waals surface area contributed by atoms with Crippen LogP contribution in [0.25, 0.3) is 0 Å². The first-order valence-corrected chi connectivity index (χ1v) is 9.89. The first-order chi connectivity index (χ1) is 14.2. The van der Waals surface area contributed by atoms with Crippen LogP contribution in [0.3, 0.4) is 0 Å². The van der Waals surface area contributed by atoms with E-state index >= 15 is 0 Å². The zero-order chi connectivity index (χ0) is 19.8. The van der Waals surface area contributed by atoms with Gasteiger partial charge < -0.3 is 10.6 Å². The molecule has 0 radical (unpaired) electrons. The zero-order valence-corrected chi connectivity index (χ0v) is 15.9. The number of rotatable bonds is 2. The summed E-state index contributed by atoms with van der Waals surface area (Å²) in [5.74, 6) is -0.142. The van der Waals surface area contributed by atoms with Gasteiger partial charge in [-0.25, -0.2) is 4.39 Å². The monoisotopic (exact) mass is 384 g/mol. The highest BCUT2D eigenvalue weighted by Crippen LogP contribution is 2.44. The second-order valence-electron chi connectivity index (χ2n) is 7.60. The van der Waals surface area contributed by atoms with E-state index in [9.17, 15) is 9.18 Å². The number of hydrogen-bond acceptors (Lipinski definition) is 3. The molecular weight excluding hydrogens is 363 g/mol. The number of Topliss-reactive ketones (excluding diaryl/α,β-unsaturated/α-hetero) is 1. The van der Waals surface area contributed by atoms with Gasteiger partial charge in [0.05, 0.1) is 17.4 Å². The van der Waals surface area contributed by atoms with Crippen LogP contribution in [0.15, 0.2) is 90.1 Å². The Morgan fingerprint density at radius 3 is 2.28 bits per heavy atom. The summed E-state index contributed by atoms with van der Waals surface area (Å²) in [6, 6.07) is 24.1. The molecule has 2 N–H and O–H groups in total. The summed E-state index contributed by atoms with van der Waals surface area (Å²) < 4.78 is 14.7. The molecule has 1 aliphatic carbocycles. The Balaban J connectivity index is 1.64. The summed E-state index contributed by atoms with van der Waals surface area (Å²) in [6.07, 6.45) is 1.14. The molecule has 29 heavy (non-hydrogen) atoms. The molecule has 0 bridgehead atoms. The Morgan fingerprint density at radius 1 is 0.793 bits per heavy atom. The normalized spacial score (nSPS) is 20.8. The largest absolute Gasteiger partial charge is 0.372 e. The molecule has 5 rings (SSSR count). The second-order valence-corrected chi connectivity index (χ2v) is 7.60. The predicted octanol–water partition coefficient (Wildman–Crippen LogP) is 5.81. The maximum Gasteiger partial charge on any atom is 0.163 e. The lowest BCUT2D eigenvalue weighted by Gasteiger charge is -2.30. The summed E-state index contributed by atoms with van der Waals surface area (Å²) in [5, 5.41) is 6.90. The quantitative estimate of drug-likeness (QED) is 0.586. The third-order valence-electron chi connectivity index (χ3n) is 5.80. The Morgan fingerprint density at radius 2 is 1.48 bits per heavy atom. The number of carbonyl (C=O) groups is 1. The maximum absolute atomic E-state index is 14.7. The third kappa shape index (κ3) is 3.21. The van der Waals surface area contributed by atoms with E-state index < -0.39 is 6.04 Å². The Hall–Kier alpha value is -3.40. The number of allylic oxidation sites excluding steroid dienone is 1. The Kier molecular flexibility index (Phi) is 4.39. The van der Waals surface area contributed by atoms with Gasteiger partial charge in [0.2, 0.25) is 0 Å². The number of ketones is 1. The molecule has 0 fully saturated rings. The minimum Gasteiger partial charge on any atom is -0.372 e. The lowest BCUT2D eigenvalue weighted by Crippen LogP contribution is -2.27.